The van der Waals surface area contributed by atoms with Gasteiger partial charge < -0.3 is 4.57 Å². The summed E-state index contributed by atoms with van der Waals surface area (Å²) in [5, 5.41) is 9.73. The highest BCUT2D eigenvalue weighted by atomic mass is 35.5. The summed E-state index contributed by atoms with van der Waals surface area (Å²) in [6.45, 7) is 0. The molecule has 0 amide bonds. The third-order valence-corrected chi connectivity index (χ3v) is 7.48. The molecular formula is C19H15ClN4O2S2. The van der Waals surface area contributed by atoms with E-state index in [1.807, 2.05) is 16.0 Å². The van der Waals surface area contributed by atoms with Crippen molar-refractivity contribution in [2.75, 3.05) is 5.75 Å². The normalized spacial score (nSPS) is 13.5. The Labute approximate surface area is 173 Å². The fourth-order valence-corrected chi connectivity index (χ4v) is 6.02. The maximum atomic E-state index is 13.0. The summed E-state index contributed by atoms with van der Waals surface area (Å²) in [7, 11) is 1.84. The van der Waals surface area contributed by atoms with Crippen LogP contribution >= 0.6 is 34.7 Å². The molecule has 0 fully saturated rings. The Morgan fingerprint density at radius 2 is 2.04 bits per heavy atom. The lowest BCUT2D eigenvalue weighted by molar-refractivity contribution is 0.102. The monoisotopic (exact) mass is 430 g/mol. The Hall–Kier alpha value is -2.16. The molecule has 142 valence electrons. The number of hydrogen-bond acceptors (Lipinski definition) is 6. The predicted octanol–water partition coefficient (Wildman–Crippen LogP) is 3.76. The van der Waals surface area contributed by atoms with Crippen molar-refractivity contribution in [3.8, 4) is 0 Å². The van der Waals surface area contributed by atoms with Crippen LogP contribution in [0.3, 0.4) is 0 Å². The summed E-state index contributed by atoms with van der Waals surface area (Å²) in [5.41, 5.74) is 2.32. The molecule has 1 aliphatic carbocycles. The van der Waals surface area contributed by atoms with Crippen molar-refractivity contribution in [3.63, 3.8) is 0 Å². The zero-order chi connectivity index (χ0) is 19.4. The first-order valence-corrected chi connectivity index (χ1v) is 11.0. The fraction of sp³-hybridized carbons (Fsp3) is 0.263. The number of halogens is 1. The molecule has 0 saturated heterocycles. The average molecular weight is 431 g/mol. The van der Waals surface area contributed by atoms with Crippen molar-refractivity contribution in [1.82, 2.24) is 19.2 Å². The number of rotatable bonds is 4. The SMILES string of the molecule is Cn1c2c(=O)c3c(sc2n2c(SCC(=O)c4ccc(Cl)cc4)nnc12)CCC3. The maximum absolute atomic E-state index is 13.0. The minimum atomic E-state index is -0.00673. The second-order valence-corrected chi connectivity index (χ2v) is 9.20. The van der Waals surface area contributed by atoms with E-state index in [0.29, 0.717) is 27.0 Å². The van der Waals surface area contributed by atoms with Gasteiger partial charge in [-0.25, -0.2) is 4.40 Å². The zero-order valence-corrected chi connectivity index (χ0v) is 17.3. The number of carbonyl (C=O) groups is 1. The molecule has 1 aromatic carbocycles. The lowest BCUT2D eigenvalue weighted by Crippen LogP contribution is -2.10. The largest absolute Gasteiger partial charge is 0.307 e. The van der Waals surface area contributed by atoms with Gasteiger partial charge in [-0.05, 0) is 43.5 Å². The number of Topliss-reactive ketones (excluding diaryl/α,β-unsaturated/α-hetero) is 1. The van der Waals surface area contributed by atoms with Gasteiger partial charge in [-0.1, -0.05) is 23.4 Å². The summed E-state index contributed by atoms with van der Waals surface area (Å²) in [5.74, 6) is 0.847. The van der Waals surface area contributed by atoms with Crippen molar-refractivity contribution in [2.24, 2.45) is 7.05 Å². The molecule has 0 saturated carbocycles. The first-order chi connectivity index (χ1) is 13.5. The maximum Gasteiger partial charge on any atom is 0.237 e. The molecular weight excluding hydrogens is 416 g/mol. The Bertz CT molecular complexity index is 1300. The van der Waals surface area contributed by atoms with Crippen LogP contribution in [0.15, 0.2) is 34.2 Å². The van der Waals surface area contributed by atoms with Crippen molar-refractivity contribution in [2.45, 2.75) is 24.4 Å². The molecule has 1 aliphatic rings. The molecule has 0 bridgehead atoms. The van der Waals surface area contributed by atoms with Gasteiger partial charge in [-0.2, -0.15) is 0 Å². The summed E-state index contributed by atoms with van der Waals surface area (Å²) in [6.07, 6.45) is 2.82. The molecule has 6 nitrogen and oxygen atoms in total. The van der Waals surface area contributed by atoms with E-state index < -0.39 is 0 Å². The number of hydrogen-bond donors (Lipinski definition) is 0. The quantitative estimate of drug-likeness (QED) is 0.364. The van der Waals surface area contributed by atoms with Gasteiger partial charge in [-0.15, -0.1) is 21.5 Å². The number of benzene rings is 1. The van der Waals surface area contributed by atoms with E-state index in [-0.39, 0.29) is 17.0 Å². The molecule has 3 aromatic heterocycles. The van der Waals surface area contributed by atoms with E-state index in [2.05, 4.69) is 10.2 Å². The number of imidazole rings is 1. The molecule has 3 heterocycles. The van der Waals surface area contributed by atoms with E-state index in [1.165, 1.54) is 11.8 Å². The lowest BCUT2D eigenvalue weighted by atomic mass is 10.1. The number of fused-ring (bicyclic) bond motifs is 4. The molecule has 0 unspecified atom stereocenters. The van der Waals surface area contributed by atoms with Gasteiger partial charge in [0.15, 0.2) is 10.9 Å². The van der Waals surface area contributed by atoms with E-state index in [1.54, 1.807) is 35.6 Å². The highest BCUT2D eigenvalue weighted by molar-refractivity contribution is 7.99. The van der Waals surface area contributed by atoms with Crippen LogP contribution in [0.4, 0.5) is 0 Å². The third-order valence-electron chi connectivity index (χ3n) is 5.03. The summed E-state index contributed by atoms with van der Waals surface area (Å²) in [4.78, 5) is 27.5. The molecule has 9 heteroatoms. The van der Waals surface area contributed by atoms with Crippen LogP contribution in [0.1, 0.15) is 27.2 Å². The van der Waals surface area contributed by atoms with Crippen LogP contribution < -0.4 is 5.43 Å². The highest BCUT2D eigenvalue weighted by Crippen LogP contribution is 2.32. The Kier molecular flexibility index (Phi) is 4.30. The highest BCUT2D eigenvalue weighted by Gasteiger charge is 2.24. The first-order valence-electron chi connectivity index (χ1n) is 8.84. The second kappa shape index (κ2) is 6.72. The summed E-state index contributed by atoms with van der Waals surface area (Å²) >= 11 is 8.86. The topological polar surface area (TPSA) is 69.3 Å². The average Bonchev–Trinajstić information content (AvgIpc) is 3.38. The summed E-state index contributed by atoms with van der Waals surface area (Å²) in [6, 6.07) is 6.85. The molecule has 0 atom stereocenters. The number of ketones is 1. The van der Waals surface area contributed by atoms with Crippen LogP contribution in [0.2, 0.25) is 5.02 Å². The number of aromatic nitrogens is 4. The standard InChI is InChI=1S/C19H15ClN4O2S2/c1-23-15-16(26)12-3-2-4-14(12)28-17(15)24-18(23)21-22-19(24)27-9-13(25)10-5-7-11(20)8-6-10/h5-8H,2-4,9H2,1H3. The molecule has 0 radical (unpaired) electrons. The van der Waals surface area contributed by atoms with E-state index in [0.717, 1.165) is 34.5 Å². The summed E-state index contributed by atoms with van der Waals surface area (Å²) < 4.78 is 3.71. The fourth-order valence-electron chi connectivity index (χ4n) is 3.62. The number of nitrogens with zero attached hydrogens (tertiary/aromatic N) is 4. The number of thioether (sulfide) groups is 1. The van der Waals surface area contributed by atoms with Crippen LogP contribution in [0.5, 0.6) is 0 Å². The number of carbonyl (C=O) groups excluding carboxylic acids is 1. The molecule has 28 heavy (non-hydrogen) atoms. The van der Waals surface area contributed by atoms with Crippen molar-refractivity contribution < 1.29 is 4.79 Å². The van der Waals surface area contributed by atoms with Crippen LogP contribution in [0, 0.1) is 0 Å². The number of aryl methyl sites for hydroxylation is 2. The van der Waals surface area contributed by atoms with Crippen molar-refractivity contribution in [3.05, 3.63) is 55.5 Å². The third kappa shape index (κ3) is 2.70. The molecule has 0 aliphatic heterocycles. The minimum Gasteiger partial charge on any atom is -0.307 e. The van der Waals surface area contributed by atoms with E-state index in [4.69, 9.17) is 11.6 Å². The molecule has 0 N–H and O–H groups in total. The van der Waals surface area contributed by atoms with Crippen molar-refractivity contribution >= 4 is 56.6 Å². The Morgan fingerprint density at radius 1 is 1.25 bits per heavy atom. The first kappa shape index (κ1) is 17.9. The van der Waals surface area contributed by atoms with Gasteiger partial charge in [0.1, 0.15) is 10.3 Å². The van der Waals surface area contributed by atoms with E-state index >= 15 is 0 Å². The molecule has 4 aromatic rings. The van der Waals surface area contributed by atoms with Gasteiger partial charge in [0.2, 0.25) is 11.2 Å². The van der Waals surface area contributed by atoms with Gasteiger partial charge in [0, 0.05) is 28.1 Å². The van der Waals surface area contributed by atoms with Crippen LogP contribution in [-0.2, 0) is 19.9 Å². The van der Waals surface area contributed by atoms with Crippen LogP contribution in [-0.4, -0.2) is 30.7 Å². The van der Waals surface area contributed by atoms with Crippen LogP contribution in [0.25, 0.3) is 16.1 Å². The minimum absolute atomic E-state index is 0.00673. The van der Waals surface area contributed by atoms with Gasteiger partial charge >= 0.3 is 0 Å². The van der Waals surface area contributed by atoms with Crippen molar-refractivity contribution in [1.29, 1.82) is 0 Å². The zero-order valence-electron chi connectivity index (χ0n) is 14.9. The smallest absolute Gasteiger partial charge is 0.237 e. The molecule has 0 spiro atoms. The Balaban J connectivity index is 1.55. The van der Waals surface area contributed by atoms with Gasteiger partial charge in [-0.3, -0.25) is 9.59 Å². The Morgan fingerprint density at radius 3 is 2.82 bits per heavy atom. The van der Waals surface area contributed by atoms with E-state index in [9.17, 15) is 9.59 Å². The van der Waals surface area contributed by atoms with Gasteiger partial charge in [0.25, 0.3) is 0 Å². The lowest BCUT2D eigenvalue weighted by Gasteiger charge is -2.02. The second-order valence-electron chi connectivity index (χ2n) is 6.74. The van der Waals surface area contributed by atoms with Gasteiger partial charge in [0.05, 0.1) is 5.75 Å². The molecule has 5 rings (SSSR count). The predicted molar refractivity (Wildman–Crippen MR) is 112 cm³/mol.